The first kappa shape index (κ1) is 24.3. The van der Waals surface area contributed by atoms with Crippen molar-refractivity contribution in [3.8, 4) is 11.1 Å². The number of rotatable bonds is 9. The standard InChI is InChI=1S/C23H23N5O6/c29-20(27-33)8-10-24-22(31)18-12-15(17-7-3-5-14-4-1-2-6-16(14)17)13-19(26-18)23(32)25-11-9-21(30)28-34/h1-7,12-13,33-34H,8-11H2,(H,24,31)(H,25,32)(H,27,29)(H,28,30). The molecule has 0 aliphatic rings. The minimum Gasteiger partial charge on any atom is -0.350 e. The van der Waals surface area contributed by atoms with Crippen LogP contribution in [0.2, 0.25) is 0 Å². The lowest BCUT2D eigenvalue weighted by molar-refractivity contribution is -0.129. The number of hydrogen-bond acceptors (Lipinski definition) is 7. The van der Waals surface area contributed by atoms with Gasteiger partial charge in [-0.2, -0.15) is 0 Å². The molecular formula is C23H23N5O6. The van der Waals surface area contributed by atoms with Gasteiger partial charge in [-0.1, -0.05) is 42.5 Å². The number of aromatic nitrogens is 1. The van der Waals surface area contributed by atoms with Gasteiger partial charge >= 0.3 is 0 Å². The predicted octanol–water partition coefficient (Wildman–Crippen LogP) is 1.15. The molecule has 4 amide bonds. The van der Waals surface area contributed by atoms with Crippen LogP contribution in [0.5, 0.6) is 0 Å². The van der Waals surface area contributed by atoms with Crippen molar-refractivity contribution in [2.45, 2.75) is 12.8 Å². The first-order chi connectivity index (χ1) is 16.4. The summed E-state index contributed by atoms with van der Waals surface area (Å²) in [6.45, 7) is -0.105. The molecule has 0 fully saturated rings. The molecular weight excluding hydrogens is 442 g/mol. The van der Waals surface area contributed by atoms with E-state index in [2.05, 4.69) is 15.6 Å². The second-order valence-corrected chi connectivity index (χ2v) is 7.23. The lowest BCUT2D eigenvalue weighted by atomic mass is 9.97. The van der Waals surface area contributed by atoms with Gasteiger partial charge in [-0.05, 0) is 34.0 Å². The Balaban J connectivity index is 1.94. The molecule has 3 rings (SSSR count). The smallest absolute Gasteiger partial charge is 0.269 e. The zero-order chi connectivity index (χ0) is 24.5. The number of amides is 4. The summed E-state index contributed by atoms with van der Waals surface area (Å²) in [7, 11) is 0. The van der Waals surface area contributed by atoms with Gasteiger partial charge in [-0.25, -0.2) is 15.9 Å². The number of carbonyl (C=O) groups excluding carboxylic acids is 4. The van der Waals surface area contributed by atoms with Crippen LogP contribution in [0.3, 0.4) is 0 Å². The van der Waals surface area contributed by atoms with Gasteiger partial charge in [0.05, 0.1) is 0 Å². The molecule has 0 saturated heterocycles. The summed E-state index contributed by atoms with van der Waals surface area (Å²) in [5, 5.41) is 24.1. The summed E-state index contributed by atoms with van der Waals surface area (Å²) in [6.07, 6.45) is -0.295. The highest BCUT2D eigenvalue weighted by atomic mass is 16.5. The average Bonchev–Trinajstić information content (AvgIpc) is 2.87. The molecule has 34 heavy (non-hydrogen) atoms. The van der Waals surface area contributed by atoms with Gasteiger partial charge in [-0.15, -0.1) is 0 Å². The van der Waals surface area contributed by atoms with Crippen molar-refractivity contribution < 1.29 is 29.6 Å². The third-order valence-electron chi connectivity index (χ3n) is 4.92. The lowest BCUT2D eigenvalue weighted by Crippen LogP contribution is -2.32. The number of hydrogen-bond donors (Lipinski definition) is 6. The van der Waals surface area contributed by atoms with Crippen LogP contribution in [0.15, 0.2) is 54.6 Å². The average molecular weight is 465 g/mol. The fourth-order valence-electron chi connectivity index (χ4n) is 3.27. The molecule has 6 N–H and O–H groups in total. The van der Waals surface area contributed by atoms with Crippen LogP contribution in [0, 0.1) is 0 Å². The van der Waals surface area contributed by atoms with Crippen molar-refractivity contribution in [2.75, 3.05) is 13.1 Å². The first-order valence-electron chi connectivity index (χ1n) is 10.4. The first-order valence-corrected chi connectivity index (χ1v) is 10.4. The van der Waals surface area contributed by atoms with Crippen molar-refractivity contribution in [2.24, 2.45) is 0 Å². The third-order valence-corrected chi connectivity index (χ3v) is 4.92. The molecule has 1 aromatic heterocycles. The van der Waals surface area contributed by atoms with Gasteiger partial charge in [0.25, 0.3) is 11.8 Å². The van der Waals surface area contributed by atoms with Crippen LogP contribution in [-0.4, -0.2) is 52.1 Å². The quantitative estimate of drug-likeness (QED) is 0.203. The second-order valence-electron chi connectivity index (χ2n) is 7.23. The van der Waals surface area contributed by atoms with E-state index in [0.29, 0.717) is 5.56 Å². The zero-order valence-corrected chi connectivity index (χ0v) is 18.0. The van der Waals surface area contributed by atoms with E-state index in [0.717, 1.165) is 16.3 Å². The Bertz CT molecular complexity index is 1170. The maximum Gasteiger partial charge on any atom is 0.269 e. The van der Waals surface area contributed by atoms with Crippen molar-refractivity contribution >= 4 is 34.4 Å². The summed E-state index contributed by atoms with van der Waals surface area (Å²) in [5.41, 5.74) is 4.21. The minimum atomic E-state index is -0.662. The Kier molecular flexibility index (Phi) is 8.21. The van der Waals surface area contributed by atoms with Crippen molar-refractivity contribution in [3.63, 3.8) is 0 Å². The molecule has 0 unspecified atom stereocenters. The molecule has 0 aliphatic heterocycles. The van der Waals surface area contributed by atoms with Crippen LogP contribution in [0.25, 0.3) is 21.9 Å². The molecule has 1 heterocycles. The van der Waals surface area contributed by atoms with Crippen LogP contribution < -0.4 is 21.6 Å². The number of benzene rings is 2. The Morgan fingerprint density at radius 3 is 1.82 bits per heavy atom. The van der Waals surface area contributed by atoms with Gasteiger partial charge in [0.2, 0.25) is 11.8 Å². The van der Waals surface area contributed by atoms with E-state index in [-0.39, 0.29) is 37.3 Å². The van der Waals surface area contributed by atoms with Gasteiger partial charge in [0, 0.05) is 25.9 Å². The molecule has 0 radical (unpaired) electrons. The number of hydroxylamine groups is 2. The molecule has 0 atom stereocenters. The summed E-state index contributed by atoms with van der Waals surface area (Å²) in [5.74, 6) is -2.54. The summed E-state index contributed by atoms with van der Waals surface area (Å²) >= 11 is 0. The van der Waals surface area contributed by atoms with Crippen molar-refractivity contribution in [1.29, 1.82) is 0 Å². The maximum absolute atomic E-state index is 12.7. The van der Waals surface area contributed by atoms with E-state index in [4.69, 9.17) is 10.4 Å². The minimum absolute atomic E-state index is 0.0481. The van der Waals surface area contributed by atoms with Crippen LogP contribution in [0.4, 0.5) is 0 Å². The molecule has 176 valence electrons. The summed E-state index contributed by atoms with van der Waals surface area (Å²) < 4.78 is 0. The molecule has 11 heteroatoms. The molecule has 11 nitrogen and oxygen atoms in total. The SMILES string of the molecule is O=C(CCNC(=O)c1cc(-c2cccc3ccccc23)cc(C(=O)NCCC(=O)NO)n1)NO. The van der Waals surface area contributed by atoms with E-state index in [1.807, 2.05) is 42.5 Å². The van der Waals surface area contributed by atoms with Gasteiger partial charge < -0.3 is 10.6 Å². The van der Waals surface area contributed by atoms with E-state index in [1.165, 1.54) is 11.0 Å². The van der Waals surface area contributed by atoms with E-state index >= 15 is 0 Å². The zero-order valence-electron chi connectivity index (χ0n) is 18.0. The predicted molar refractivity (Wildman–Crippen MR) is 121 cm³/mol. The molecule has 0 saturated carbocycles. The molecule has 2 aromatic carbocycles. The van der Waals surface area contributed by atoms with Gasteiger partial charge in [0.1, 0.15) is 11.4 Å². The largest absolute Gasteiger partial charge is 0.350 e. The molecule has 0 aliphatic carbocycles. The number of nitrogens with one attached hydrogen (secondary N) is 4. The maximum atomic E-state index is 12.7. The fraction of sp³-hybridized carbons (Fsp3) is 0.174. The summed E-state index contributed by atoms with van der Waals surface area (Å²) in [4.78, 5) is 51.9. The van der Waals surface area contributed by atoms with Crippen molar-refractivity contribution in [1.82, 2.24) is 26.6 Å². The Morgan fingerprint density at radius 1 is 0.735 bits per heavy atom. The van der Waals surface area contributed by atoms with Gasteiger partial charge in [-0.3, -0.25) is 29.6 Å². The fourth-order valence-corrected chi connectivity index (χ4v) is 3.27. The topological polar surface area (TPSA) is 170 Å². The van der Waals surface area contributed by atoms with Crippen LogP contribution in [-0.2, 0) is 9.59 Å². The number of nitrogens with zero attached hydrogens (tertiary/aromatic N) is 1. The van der Waals surface area contributed by atoms with Crippen molar-refractivity contribution in [3.05, 3.63) is 66.0 Å². The van der Waals surface area contributed by atoms with E-state index in [9.17, 15) is 19.2 Å². The normalized spacial score (nSPS) is 10.4. The number of carbonyl (C=O) groups is 4. The highest BCUT2D eigenvalue weighted by Crippen LogP contribution is 2.29. The monoisotopic (exact) mass is 465 g/mol. The highest BCUT2D eigenvalue weighted by molar-refractivity contribution is 6.02. The molecule has 3 aromatic rings. The molecule has 0 spiro atoms. The second kappa shape index (κ2) is 11.5. The third kappa shape index (κ3) is 6.12. The lowest BCUT2D eigenvalue weighted by Gasteiger charge is -2.12. The van der Waals surface area contributed by atoms with E-state index < -0.39 is 23.6 Å². The Hall–Kier alpha value is -4.35. The Morgan fingerprint density at radius 2 is 1.26 bits per heavy atom. The van der Waals surface area contributed by atoms with Gasteiger partial charge in [0.15, 0.2) is 0 Å². The highest BCUT2D eigenvalue weighted by Gasteiger charge is 2.17. The summed E-state index contributed by atoms with van der Waals surface area (Å²) in [6, 6.07) is 16.4. The molecule has 0 bridgehead atoms. The van der Waals surface area contributed by atoms with Crippen LogP contribution >= 0.6 is 0 Å². The number of pyridine rings is 1. The Labute approximate surface area is 194 Å². The number of fused-ring (bicyclic) bond motifs is 1. The van der Waals surface area contributed by atoms with E-state index in [1.54, 1.807) is 12.1 Å². The van der Waals surface area contributed by atoms with Crippen LogP contribution in [0.1, 0.15) is 33.8 Å².